The van der Waals surface area contributed by atoms with Crippen molar-refractivity contribution >= 4 is 27.7 Å². The van der Waals surface area contributed by atoms with Crippen molar-refractivity contribution in [2.24, 2.45) is 0 Å². The third-order valence-corrected chi connectivity index (χ3v) is 4.70. The summed E-state index contributed by atoms with van der Waals surface area (Å²) in [7, 11) is 0.386. The van der Waals surface area contributed by atoms with Gasteiger partial charge in [0.2, 0.25) is 5.99 Å². The number of benzene rings is 2. The monoisotopic (exact) mass is 225 g/mol. The van der Waals surface area contributed by atoms with Crippen LogP contribution in [0.1, 0.15) is 0 Å². The number of hydrogen-bond acceptors (Lipinski definition) is 0. The van der Waals surface area contributed by atoms with Crippen LogP contribution in [0.5, 0.6) is 0 Å². The maximum Gasteiger partial charge on any atom is 0.201 e. The van der Waals surface area contributed by atoms with E-state index in [1.165, 1.54) is 22.1 Å². The van der Waals surface area contributed by atoms with Gasteiger partial charge >= 0.3 is 0 Å². The minimum atomic E-state index is 0.386. The first kappa shape index (κ1) is 10.0. The molecule has 0 amide bonds. The van der Waals surface area contributed by atoms with Gasteiger partial charge in [0.05, 0.1) is 0 Å². The molecule has 1 heterocycles. The highest BCUT2D eigenvalue weighted by atomic mass is 32.2. The van der Waals surface area contributed by atoms with E-state index in [0.717, 1.165) is 0 Å². The van der Waals surface area contributed by atoms with Gasteiger partial charge in [-0.05, 0) is 0 Å². The fraction of sp³-hybridized carbons (Fsp3) is 0.143. The summed E-state index contributed by atoms with van der Waals surface area (Å²) in [6.07, 6.45) is 4.67. The molecule has 0 aromatic heterocycles. The van der Waals surface area contributed by atoms with Gasteiger partial charge in [-0.1, -0.05) is 59.7 Å². The zero-order valence-corrected chi connectivity index (χ0v) is 10.4. The molecule has 0 N–H and O–H groups in total. The molecule has 3 rings (SSSR count). The smallest absolute Gasteiger partial charge is 0.201 e. The van der Waals surface area contributed by atoms with Gasteiger partial charge in [-0.25, -0.2) is 10.7 Å². The summed E-state index contributed by atoms with van der Waals surface area (Å²) in [5, 5.41) is 0. The normalized spacial score (nSPS) is 13.9. The molecule has 0 fully saturated rings. The Morgan fingerprint density at radius 3 is 1.62 bits per heavy atom. The van der Waals surface area contributed by atoms with Crippen LogP contribution in [-0.2, 0) is 10.7 Å². The largest absolute Gasteiger partial charge is 0.248 e. The van der Waals surface area contributed by atoms with Crippen LogP contribution in [0.2, 0.25) is 0 Å². The molecular formula is C14H14BS. The van der Waals surface area contributed by atoms with E-state index in [4.69, 9.17) is 0 Å². The minimum absolute atomic E-state index is 0.386. The van der Waals surface area contributed by atoms with Gasteiger partial charge in [-0.3, -0.25) is 0 Å². The predicted octanol–water partition coefficient (Wildman–Crippen LogP) is 1.65. The highest BCUT2D eigenvalue weighted by Gasteiger charge is 2.27. The van der Waals surface area contributed by atoms with E-state index in [0.29, 0.717) is 16.7 Å². The van der Waals surface area contributed by atoms with E-state index in [9.17, 15) is 0 Å². The highest BCUT2D eigenvalue weighted by Crippen LogP contribution is 2.23. The van der Waals surface area contributed by atoms with Crippen molar-refractivity contribution in [2.45, 2.75) is 0 Å². The van der Waals surface area contributed by atoms with E-state index in [-0.39, 0.29) is 0 Å². The first-order valence-electron chi connectivity index (χ1n) is 5.53. The lowest BCUT2D eigenvalue weighted by molar-refractivity contribution is 1.71. The zero-order chi connectivity index (χ0) is 11.1. The molecule has 0 bridgehead atoms. The van der Waals surface area contributed by atoms with E-state index in [2.05, 4.69) is 61.0 Å². The van der Waals surface area contributed by atoms with E-state index < -0.39 is 0 Å². The Morgan fingerprint density at radius 1 is 0.750 bits per heavy atom. The first-order valence-corrected chi connectivity index (χ1v) is 7.64. The summed E-state index contributed by atoms with van der Waals surface area (Å²) >= 11 is 0. The molecule has 0 saturated carbocycles. The van der Waals surface area contributed by atoms with Crippen LogP contribution in [0.25, 0.3) is 11.1 Å². The molecule has 1 aliphatic heterocycles. The summed E-state index contributed by atoms with van der Waals surface area (Å²) < 4.78 is 0. The third kappa shape index (κ3) is 1.33. The van der Waals surface area contributed by atoms with Gasteiger partial charge in [0.25, 0.3) is 0 Å². The van der Waals surface area contributed by atoms with Crippen LogP contribution in [0.4, 0.5) is 0 Å². The van der Waals surface area contributed by atoms with Crippen molar-refractivity contribution in [1.82, 2.24) is 0 Å². The van der Waals surface area contributed by atoms with Crippen molar-refractivity contribution in [3.05, 3.63) is 48.5 Å². The highest BCUT2D eigenvalue weighted by molar-refractivity contribution is 8.24. The third-order valence-electron chi connectivity index (χ3n) is 3.25. The molecule has 0 atom stereocenters. The lowest BCUT2D eigenvalue weighted by atomic mass is 9.65. The van der Waals surface area contributed by atoms with Gasteiger partial charge in [0.15, 0.2) is 0 Å². The van der Waals surface area contributed by atoms with Crippen LogP contribution in [-0.4, -0.2) is 18.5 Å². The van der Waals surface area contributed by atoms with Crippen LogP contribution in [0.15, 0.2) is 48.5 Å². The number of hydrogen-bond donors (Lipinski definition) is 0. The van der Waals surface area contributed by atoms with Gasteiger partial charge in [-0.15, -0.1) is 0 Å². The Morgan fingerprint density at radius 2 is 1.19 bits per heavy atom. The van der Waals surface area contributed by atoms with Crippen LogP contribution in [0, 0.1) is 0 Å². The van der Waals surface area contributed by atoms with Crippen molar-refractivity contribution in [1.29, 1.82) is 0 Å². The van der Waals surface area contributed by atoms with E-state index in [1.54, 1.807) is 0 Å². The molecule has 0 aliphatic carbocycles. The fourth-order valence-electron chi connectivity index (χ4n) is 2.62. The standard InChI is InChI=1S/C14H14BS/c1-16(2)15-13-9-5-3-7-11(13)12-8-4-6-10-14(12)15/h3-10H,1-2H3. The molecular weight excluding hydrogens is 211 g/mol. The molecule has 1 radical (unpaired) electrons. The Kier molecular flexibility index (Phi) is 2.33. The molecule has 1 aliphatic rings. The molecule has 2 heteroatoms. The lowest BCUT2D eigenvalue weighted by Crippen LogP contribution is -2.44. The van der Waals surface area contributed by atoms with Crippen LogP contribution in [0.3, 0.4) is 0 Å². The van der Waals surface area contributed by atoms with E-state index >= 15 is 0 Å². The van der Waals surface area contributed by atoms with Crippen molar-refractivity contribution in [3.8, 4) is 11.1 Å². The fourth-order valence-corrected chi connectivity index (χ4v) is 4.04. The van der Waals surface area contributed by atoms with E-state index in [1.807, 2.05) is 0 Å². The molecule has 0 spiro atoms. The summed E-state index contributed by atoms with van der Waals surface area (Å²) in [4.78, 5) is 0. The Labute approximate surface area is 100 Å². The average molecular weight is 225 g/mol. The lowest BCUT2D eigenvalue weighted by Gasteiger charge is -2.19. The second kappa shape index (κ2) is 3.71. The van der Waals surface area contributed by atoms with Gasteiger partial charge in [-0.2, -0.15) is 10.9 Å². The summed E-state index contributed by atoms with van der Waals surface area (Å²) in [5.74, 6) is 0.604. The maximum absolute atomic E-state index is 2.34. The average Bonchev–Trinajstić information content (AvgIpc) is 2.63. The molecule has 0 unspecified atom stereocenters. The van der Waals surface area contributed by atoms with Crippen molar-refractivity contribution in [2.75, 3.05) is 12.5 Å². The topological polar surface area (TPSA) is 0 Å². The molecule has 79 valence electrons. The maximum atomic E-state index is 2.34. The van der Waals surface area contributed by atoms with Gasteiger partial charge in [0.1, 0.15) is 0 Å². The van der Waals surface area contributed by atoms with Crippen molar-refractivity contribution in [3.63, 3.8) is 0 Å². The molecule has 2 aromatic carbocycles. The second-order valence-corrected chi connectivity index (χ2v) is 6.66. The summed E-state index contributed by atoms with van der Waals surface area (Å²) in [6, 6.07) is 17.7. The van der Waals surface area contributed by atoms with Gasteiger partial charge in [0, 0.05) is 12.5 Å². The van der Waals surface area contributed by atoms with Crippen LogP contribution < -0.4 is 10.9 Å². The Hall–Kier alpha value is -1.15. The Bertz CT molecular complexity index is 488. The summed E-state index contributed by atoms with van der Waals surface area (Å²) in [5.41, 5.74) is 5.89. The second-order valence-electron chi connectivity index (χ2n) is 4.43. The predicted molar refractivity (Wildman–Crippen MR) is 76.1 cm³/mol. The molecule has 0 saturated heterocycles. The quantitative estimate of drug-likeness (QED) is 0.511. The molecule has 16 heavy (non-hydrogen) atoms. The SMILES string of the molecule is C[S+](C)[B-]1c2ccccc2-c2ccccc21. The van der Waals surface area contributed by atoms with Gasteiger partial charge < -0.3 is 0 Å². The Balaban J connectivity index is 2.30. The first-order chi connectivity index (χ1) is 7.79. The number of fused-ring (bicyclic) bond motifs is 3. The van der Waals surface area contributed by atoms with Crippen molar-refractivity contribution < 1.29 is 0 Å². The van der Waals surface area contributed by atoms with Crippen LogP contribution >= 0.6 is 0 Å². The number of rotatable bonds is 1. The summed E-state index contributed by atoms with van der Waals surface area (Å²) in [6.45, 7) is 0. The molecule has 2 aromatic rings. The minimum Gasteiger partial charge on any atom is -0.248 e. The zero-order valence-electron chi connectivity index (χ0n) is 9.60. The molecule has 0 nitrogen and oxygen atoms in total.